The molecule has 1 saturated heterocycles. The van der Waals surface area contributed by atoms with E-state index in [0.29, 0.717) is 4.31 Å². The van der Waals surface area contributed by atoms with Crippen LogP contribution in [0.4, 0.5) is 13.2 Å². The monoisotopic (exact) mass is 368 g/mol. The number of alkyl halides is 3. The SMILES string of the molecule is CCOc1ccncc1S(=O)(=O)N1C[C@@H](C(F)(F)F)[C@H](C(=O)O)C1. The quantitative estimate of drug-likeness (QED) is 0.843. The van der Waals surface area contributed by atoms with E-state index in [4.69, 9.17) is 9.84 Å². The molecule has 2 rings (SSSR count). The van der Waals surface area contributed by atoms with Crippen molar-refractivity contribution >= 4 is 16.0 Å². The number of halogens is 3. The highest BCUT2D eigenvalue weighted by Crippen LogP contribution is 2.40. The number of hydrogen-bond donors (Lipinski definition) is 1. The Balaban J connectivity index is 2.39. The third-order valence-electron chi connectivity index (χ3n) is 3.69. The first kappa shape index (κ1) is 18.5. The van der Waals surface area contributed by atoms with Gasteiger partial charge in [0.2, 0.25) is 10.0 Å². The van der Waals surface area contributed by atoms with Crippen LogP contribution in [0.5, 0.6) is 5.75 Å². The van der Waals surface area contributed by atoms with Crippen LogP contribution in [-0.4, -0.2) is 54.7 Å². The molecular weight excluding hydrogens is 353 g/mol. The number of nitrogens with zero attached hydrogens (tertiary/aromatic N) is 2. The molecule has 0 aromatic carbocycles. The van der Waals surface area contributed by atoms with Crippen molar-refractivity contribution in [1.82, 2.24) is 9.29 Å². The standard InChI is InChI=1S/C13H15F3N2O5S/c1-2-23-10-3-4-17-5-11(10)24(21,22)18-6-8(12(19)20)9(7-18)13(14,15)16/h3-5,8-9H,2,6-7H2,1H3,(H,19,20)/t8-,9-/m1/s1. The van der Waals surface area contributed by atoms with Gasteiger partial charge in [0, 0.05) is 19.3 Å². The lowest BCUT2D eigenvalue weighted by atomic mass is 9.96. The molecule has 2 atom stereocenters. The maximum absolute atomic E-state index is 13.0. The molecule has 0 saturated carbocycles. The molecule has 1 N–H and O–H groups in total. The number of sulfonamides is 1. The molecule has 1 aromatic rings. The summed E-state index contributed by atoms with van der Waals surface area (Å²) < 4.78 is 70.0. The number of aliphatic carboxylic acids is 1. The topological polar surface area (TPSA) is 96.8 Å². The summed E-state index contributed by atoms with van der Waals surface area (Å²) >= 11 is 0. The molecule has 1 aliphatic heterocycles. The van der Waals surface area contributed by atoms with Crippen LogP contribution >= 0.6 is 0 Å². The van der Waals surface area contributed by atoms with E-state index >= 15 is 0 Å². The van der Waals surface area contributed by atoms with Gasteiger partial charge in [0.25, 0.3) is 0 Å². The van der Waals surface area contributed by atoms with Crippen molar-refractivity contribution in [2.45, 2.75) is 18.0 Å². The molecule has 24 heavy (non-hydrogen) atoms. The molecule has 0 amide bonds. The lowest BCUT2D eigenvalue weighted by Crippen LogP contribution is -2.34. The second-order valence-electron chi connectivity index (χ2n) is 5.17. The van der Waals surface area contributed by atoms with E-state index in [0.717, 1.165) is 6.20 Å². The van der Waals surface area contributed by atoms with Gasteiger partial charge in [-0.15, -0.1) is 0 Å². The second kappa shape index (κ2) is 6.55. The van der Waals surface area contributed by atoms with Crippen molar-refractivity contribution in [3.05, 3.63) is 18.5 Å². The molecule has 0 bridgehead atoms. The Morgan fingerprint density at radius 3 is 2.62 bits per heavy atom. The predicted octanol–water partition coefficient (Wildman–Crippen LogP) is 1.36. The van der Waals surface area contributed by atoms with Gasteiger partial charge >= 0.3 is 12.1 Å². The van der Waals surface area contributed by atoms with E-state index in [-0.39, 0.29) is 17.3 Å². The number of ether oxygens (including phenoxy) is 1. The Morgan fingerprint density at radius 2 is 2.12 bits per heavy atom. The lowest BCUT2D eigenvalue weighted by Gasteiger charge is -2.19. The van der Waals surface area contributed by atoms with Crippen LogP contribution in [0.15, 0.2) is 23.4 Å². The Morgan fingerprint density at radius 1 is 1.46 bits per heavy atom. The Hall–Kier alpha value is -1.88. The maximum Gasteiger partial charge on any atom is 0.393 e. The summed E-state index contributed by atoms with van der Waals surface area (Å²) in [6.07, 6.45) is -2.56. The zero-order valence-corrected chi connectivity index (χ0v) is 13.3. The van der Waals surface area contributed by atoms with Crippen LogP contribution in [0.3, 0.4) is 0 Å². The second-order valence-corrected chi connectivity index (χ2v) is 7.08. The number of aromatic nitrogens is 1. The Bertz CT molecular complexity index is 723. The van der Waals surface area contributed by atoms with Crippen molar-refractivity contribution in [2.24, 2.45) is 11.8 Å². The minimum Gasteiger partial charge on any atom is -0.492 e. The number of carbonyl (C=O) groups is 1. The maximum atomic E-state index is 13.0. The third kappa shape index (κ3) is 3.46. The molecule has 0 radical (unpaired) electrons. The van der Waals surface area contributed by atoms with E-state index in [1.54, 1.807) is 6.92 Å². The zero-order valence-electron chi connectivity index (χ0n) is 12.5. The highest BCUT2D eigenvalue weighted by Gasteiger charge is 2.55. The van der Waals surface area contributed by atoms with E-state index in [1.165, 1.54) is 12.3 Å². The van der Waals surface area contributed by atoms with E-state index in [1.807, 2.05) is 0 Å². The summed E-state index contributed by atoms with van der Waals surface area (Å²) in [4.78, 5) is 14.4. The predicted molar refractivity (Wildman–Crippen MR) is 74.8 cm³/mol. The van der Waals surface area contributed by atoms with Crippen LogP contribution in [0.25, 0.3) is 0 Å². The first-order valence-electron chi connectivity index (χ1n) is 6.95. The fraction of sp³-hybridized carbons (Fsp3) is 0.538. The number of carboxylic acid groups (broad SMARTS) is 1. The highest BCUT2D eigenvalue weighted by molar-refractivity contribution is 7.89. The molecule has 134 valence electrons. The first-order valence-corrected chi connectivity index (χ1v) is 8.39. The van der Waals surface area contributed by atoms with Crippen molar-refractivity contribution < 1.29 is 36.2 Å². The summed E-state index contributed by atoms with van der Waals surface area (Å²) in [6, 6.07) is 1.28. The normalized spacial score (nSPS) is 22.5. The average molecular weight is 368 g/mol. The van der Waals surface area contributed by atoms with Crippen molar-refractivity contribution in [3.63, 3.8) is 0 Å². The van der Waals surface area contributed by atoms with Crippen LogP contribution in [-0.2, 0) is 14.8 Å². The molecule has 0 unspecified atom stereocenters. The summed E-state index contributed by atoms with van der Waals surface area (Å²) in [6.45, 7) is 0.0495. The molecule has 0 spiro atoms. The van der Waals surface area contributed by atoms with Crippen molar-refractivity contribution in [2.75, 3.05) is 19.7 Å². The van der Waals surface area contributed by atoms with E-state index < -0.39 is 47.1 Å². The van der Waals surface area contributed by atoms with Gasteiger partial charge in [0.05, 0.1) is 24.6 Å². The first-order chi connectivity index (χ1) is 11.1. The van der Waals surface area contributed by atoms with E-state index in [9.17, 15) is 26.4 Å². The Kier molecular flexibility index (Phi) is 5.04. The molecule has 2 heterocycles. The molecule has 1 fully saturated rings. The minimum atomic E-state index is -4.81. The third-order valence-corrected chi connectivity index (χ3v) is 5.53. The summed E-state index contributed by atoms with van der Waals surface area (Å²) in [5, 5.41) is 8.98. The van der Waals surface area contributed by atoms with E-state index in [2.05, 4.69) is 4.98 Å². The summed E-state index contributed by atoms with van der Waals surface area (Å²) in [5.41, 5.74) is 0. The van der Waals surface area contributed by atoms with Gasteiger partial charge in [-0.25, -0.2) is 8.42 Å². The number of pyridine rings is 1. The van der Waals surface area contributed by atoms with Gasteiger partial charge in [0.15, 0.2) is 0 Å². The fourth-order valence-electron chi connectivity index (χ4n) is 2.52. The lowest BCUT2D eigenvalue weighted by molar-refractivity contribution is -0.187. The number of hydrogen-bond acceptors (Lipinski definition) is 5. The van der Waals surface area contributed by atoms with Gasteiger partial charge in [-0.05, 0) is 13.0 Å². The zero-order chi connectivity index (χ0) is 18.1. The highest BCUT2D eigenvalue weighted by atomic mass is 32.2. The van der Waals surface area contributed by atoms with Gasteiger partial charge in [-0.1, -0.05) is 0 Å². The fourth-order valence-corrected chi connectivity index (χ4v) is 4.09. The van der Waals surface area contributed by atoms with Gasteiger partial charge in [-0.2, -0.15) is 17.5 Å². The van der Waals surface area contributed by atoms with Gasteiger partial charge in [0.1, 0.15) is 10.6 Å². The van der Waals surface area contributed by atoms with Crippen molar-refractivity contribution in [3.8, 4) is 5.75 Å². The average Bonchev–Trinajstić information content (AvgIpc) is 2.94. The van der Waals surface area contributed by atoms with Gasteiger partial charge in [-0.3, -0.25) is 9.78 Å². The number of carboxylic acids is 1. The van der Waals surface area contributed by atoms with Crippen LogP contribution < -0.4 is 4.74 Å². The number of rotatable bonds is 5. The molecule has 11 heteroatoms. The molecule has 0 aliphatic carbocycles. The minimum absolute atomic E-state index is 0.0465. The summed E-state index contributed by atoms with van der Waals surface area (Å²) in [5.74, 6) is -5.86. The van der Waals surface area contributed by atoms with Crippen LogP contribution in [0.2, 0.25) is 0 Å². The molecule has 7 nitrogen and oxygen atoms in total. The smallest absolute Gasteiger partial charge is 0.393 e. The Labute approximate surface area is 136 Å². The molecule has 1 aromatic heterocycles. The largest absolute Gasteiger partial charge is 0.492 e. The molecule has 1 aliphatic rings. The van der Waals surface area contributed by atoms with Gasteiger partial charge < -0.3 is 9.84 Å². The van der Waals surface area contributed by atoms with Crippen molar-refractivity contribution in [1.29, 1.82) is 0 Å². The van der Waals surface area contributed by atoms with Crippen LogP contribution in [0, 0.1) is 11.8 Å². The molecular formula is C13H15F3N2O5S. The summed E-state index contributed by atoms with van der Waals surface area (Å²) in [7, 11) is -4.37. The van der Waals surface area contributed by atoms with Crippen LogP contribution in [0.1, 0.15) is 6.92 Å².